The molecule has 1 aromatic carbocycles. The van der Waals surface area contributed by atoms with E-state index in [2.05, 4.69) is 20.8 Å². The van der Waals surface area contributed by atoms with Crippen molar-refractivity contribution in [2.45, 2.75) is 25.3 Å². The Morgan fingerprint density at radius 3 is 2.79 bits per heavy atom. The van der Waals surface area contributed by atoms with Gasteiger partial charge in [0.05, 0.1) is 13.2 Å². The molecule has 5 rings (SSSR count). The van der Waals surface area contributed by atoms with E-state index in [9.17, 15) is 4.39 Å². The number of piperidine rings is 1. The molecule has 6 heteroatoms. The van der Waals surface area contributed by atoms with Gasteiger partial charge in [0.2, 0.25) is 0 Å². The van der Waals surface area contributed by atoms with Gasteiger partial charge in [-0.15, -0.1) is 0 Å². The van der Waals surface area contributed by atoms with Crippen LogP contribution in [-0.2, 0) is 11.2 Å². The molecule has 3 aliphatic heterocycles. The van der Waals surface area contributed by atoms with Crippen molar-refractivity contribution in [3.8, 4) is 0 Å². The van der Waals surface area contributed by atoms with Gasteiger partial charge >= 0.3 is 0 Å². The van der Waals surface area contributed by atoms with E-state index in [0.29, 0.717) is 6.04 Å². The number of pyridine rings is 1. The van der Waals surface area contributed by atoms with Gasteiger partial charge in [-0.05, 0) is 43.5 Å². The molecule has 0 amide bonds. The van der Waals surface area contributed by atoms with Crippen LogP contribution in [0.25, 0.3) is 0 Å². The third kappa shape index (κ3) is 3.30. The van der Waals surface area contributed by atoms with Crippen LogP contribution in [0.2, 0.25) is 0 Å². The van der Waals surface area contributed by atoms with Crippen LogP contribution in [0.4, 0.5) is 21.6 Å². The SMILES string of the molecule is Fc1cccc(N2CCCC(N3CCc4c(N5CCOCC5)ccnc43)C2)c1. The maximum absolute atomic E-state index is 13.7. The van der Waals surface area contributed by atoms with E-state index < -0.39 is 0 Å². The summed E-state index contributed by atoms with van der Waals surface area (Å²) < 4.78 is 19.2. The van der Waals surface area contributed by atoms with Crippen molar-refractivity contribution in [3.63, 3.8) is 0 Å². The Hall–Kier alpha value is -2.34. The van der Waals surface area contributed by atoms with Crippen molar-refractivity contribution in [2.75, 3.05) is 60.6 Å². The van der Waals surface area contributed by atoms with Crippen LogP contribution >= 0.6 is 0 Å². The number of hydrogen-bond acceptors (Lipinski definition) is 5. The summed E-state index contributed by atoms with van der Waals surface area (Å²) in [5.41, 5.74) is 3.69. The van der Waals surface area contributed by atoms with Crippen LogP contribution in [0.3, 0.4) is 0 Å². The van der Waals surface area contributed by atoms with Crippen LogP contribution in [0.1, 0.15) is 18.4 Å². The second-order valence-electron chi connectivity index (χ2n) is 7.90. The van der Waals surface area contributed by atoms with E-state index in [0.717, 1.165) is 76.7 Å². The summed E-state index contributed by atoms with van der Waals surface area (Å²) in [6.07, 6.45) is 5.28. The van der Waals surface area contributed by atoms with E-state index in [4.69, 9.17) is 9.72 Å². The molecule has 0 spiro atoms. The Balaban J connectivity index is 1.37. The summed E-state index contributed by atoms with van der Waals surface area (Å²) in [6, 6.07) is 9.56. The van der Waals surface area contributed by atoms with E-state index in [-0.39, 0.29) is 5.82 Å². The zero-order valence-corrected chi connectivity index (χ0v) is 16.2. The highest BCUT2D eigenvalue weighted by molar-refractivity contribution is 5.68. The van der Waals surface area contributed by atoms with Gasteiger partial charge in [-0.2, -0.15) is 0 Å². The van der Waals surface area contributed by atoms with Gasteiger partial charge in [0.1, 0.15) is 11.6 Å². The number of hydrogen-bond donors (Lipinski definition) is 0. The first-order valence-electron chi connectivity index (χ1n) is 10.4. The van der Waals surface area contributed by atoms with Crippen LogP contribution in [0.15, 0.2) is 36.5 Å². The lowest BCUT2D eigenvalue weighted by molar-refractivity contribution is 0.122. The predicted molar refractivity (Wildman–Crippen MR) is 110 cm³/mol. The summed E-state index contributed by atoms with van der Waals surface area (Å²) in [5, 5.41) is 0. The van der Waals surface area contributed by atoms with Gasteiger partial charge in [-0.3, -0.25) is 0 Å². The molecule has 1 aromatic heterocycles. The summed E-state index contributed by atoms with van der Waals surface area (Å²) in [4.78, 5) is 12.0. The molecule has 2 aromatic rings. The number of rotatable bonds is 3. The minimum absolute atomic E-state index is 0.164. The van der Waals surface area contributed by atoms with Gasteiger partial charge < -0.3 is 19.4 Å². The van der Waals surface area contributed by atoms with Crippen molar-refractivity contribution < 1.29 is 9.13 Å². The molecule has 5 nitrogen and oxygen atoms in total. The first-order valence-corrected chi connectivity index (χ1v) is 10.4. The zero-order chi connectivity index (χ0) is 18.9. The number of nitrogens with zero attached hydrogens (tertiary/aromatic N) is 4. The number of anilines is 3. The second-order valence-corrected chi connectivity index (χ2v) is 7.90. The number of aromatic nitrogens is 1. The molecule has 0 aliphatic carbocycles. The third-order valence-electron chi connectivity index (χ3n) is 6.25. The van der Waals surface area contributed by atoms with E-state index in [1.54, 1.807) is 12.1 Å². The zero-order valence-electron chi connectivity index (χ0n) is 16.2. The molecule has 3 aliphatic rings. The lowest BCUT2D eigenvalue weighted by Gasteiger charge is -2.39. The molecule has 0 saturated carbocycles. The molecule has 2 fully saturated rings. The molecule has 148 valence electrons. The largest absolute Gasteiger partial charge is 0.378 e. The van der Waals surface area contributed by atoms with Crippen LogP contribution in [0, 0.1) is 5.82 Å². The lowest BCUT2D eigenvalue weighted by Crippen LogP contribution is -2.48. The molecule has 28 heavy (non-hydrogen) atoms. The van der Waals surface area contributed by atoms with Crippen LogP contribution < -0.4 is 14.7 Å². The fourth-order valence-corrected chi connectivity index (χ4v) is 4.87. The number of ether oxygens (including phenoxy) is 1. The summed E-state index contributed by atoms with van der Waals surface area (Å²) in [7, 11) is 0. The van der Waals surface area contributed by atoms with E-state index in [1.165, 1.54) is 17.3 Å². The van der Waals surface area contributed by atoms with Crippen molar-refractivity contribution in [1.29, 1.82) is 0 Å². The average Bonchev–Trinajstić information content (AvgIpc) is 3.19. The van der Waals surface area contributed by atoms with Gasteiger partial charge in [0.15, 0.2) is 0 Å². The summed E-state index contributed by atoms with van der Waals surface area (Å²) in [6.45, 7) is 6.43. The molecule has 2 saturated heterocycles. The molecule has 0 bridgehead atoms. The Morgan fingerprint density at radius 1 is 1.04 bits per heavy atom. The van der Waals surface area contributed by atoms with Crippen molar-refractivity contribution in [1.82, 2.24) is 4.98 Å². The molecular weight excluding hydrogens is 355 g/mol. The Kier molecular flexibility index (Phi) is 4.81. The Bertz CT molecular complexity index is 839. The molecular formula is C22H27FN4O. The first kappa shape index (κ1) is 17.7. The van der Waals surface area contributed by atoms with Crippen molar-refractivity contribution in [3.05, 3.63) is 47.9 Å². The second kappa shape index (κ2) is 7.59. The number of halogens is 1. The highest BCUT2D eigenvalue weighted by Gasteiger charge is 2.33. The standard InChI is InChI=1S/C22H27FN4O/c23-17-3-1-4-18(15-17)26-9-2-5-19(16-26)27-10-7-20-21(6-8-24-22(20)27)25-11-13-28-14-12-25/h1,3-4,6,8,15,19H,2,5,7,9-14,16H2. The molecule has 0 radical (unpaired) electrons. The number of morpholine rings is 1. The molecule has 1 atom stereocenters. The summed E-state index contributed by atoms with van der Waals surface area (Å²) >= 11 is 0. The van der Waals surface area contributed by atoms with Gasteiger partial charge in [0.25, 0.3) is 0 Å². The van der Waals surface area contributed by atoms with Gasteiger partial charge in [-0.1, -0.05) is 6.07 Å². The fourth-order valence-electron chi connectivity index (χ4n) is 4.87. The van der Waals surface area contributed by atoms with Crippen LogP contribution in [-0.4, -0.2) is 57.0 Å². The van der Waals surface area contributed by atoms with E-state index >= 15 is 0 Å². The molecule has 1 unspecified atom stereocenters. The number of fused-ring (bicyclic) bond motifs is 1. The minimum Gasteiger partial charge on any atom is -0.378 e. The third-order valence-corrected chi connectivity index (χ3v) is 6.25. The predicted octanol–water partition coefficient (Wildman–Crippen LogP) is 3.09. The van der Waals surface area contributed by atoms with Crippen molar-refractivity contribution in [2.24, 2.45) is 0 Å². The van der Waals surface area contributed by atoms with Gasteiger partial charge in [-0.25, -0.2) is 9.37 Å². The Morgan fingerprint density at radius 2 is 1.93 bits per heavy atom. The first-order chi connectivity index (χ1) is 13.8. The monoisotopic (exact) mass is 382 g/mol. The maximum atomic E-state index is 13.7. The topological polar surface area (TPSA) is 31.8 Å². The fraction of sp³-hybridized carbons (Fsp3) is 0.500. The Labute approximate surface area is 165 Å². The highest BCUT2D eigenvalue weighted by Crippen LogP contribution is 2.37. The minimum atomic E-state index is -0.164. The summed E-state index contributed by atoms with van der Waals surface area (Å²) in [5.74, 6) is 0.984. The average molecular weight is 382 g/mol. The highest BCUT2D eigenvalue weighted by atomic mass is 19.1. The molecule has 0 N–H and O–H groups in total. The lowest BCUT2D eigenvalue weighted by atomic mass is 10.0. The van der Waals surface area contributed by atoms with Gasteiger partial charge in [0, 0.05) is 61.9 Å². The normalized spacial score (nSPS) is 22.5. The maximum Gasteiger partial charge on any atom is 0.134 e. The van der Waals surface area contributed by atoms with Crippen LogP contribution in [0.5, 0.6) is 0 Å². The van der Waals surface area contributed by atoms with Crippen molar-refractivity contribution >= 4 is 17.2 Å². The quantitative estimate of drug-likeness (QED) is 0.815. The molecule has 4 heterocycles. The number of benzene rings is 1. The van der Waals surface area contributed by atoms with E-state index in [1.807, 2.05) is 12.3 Å². The smallest absolute Gasteiger partial charge is 0.134 e.